The van der Waals surface area contributed by atoms with Crippen LogP contribution in [0.15, 0.2) is 66.9 Å². The predicted molar refractivity (Wildman–Crippen MR) is 79.6 cm³/mol. The number of fused-ring (bicyclic) bond motifs is 3. The first-order valence-electron chi connectivity index (χ1n) is 7.17. The maximum atomic E-state index is 13.2. The molecule has 1 unspecified atom stereocenters. The second kappa shape index (κ2) is 4.86. The number of para-hydroxylation sites is 1. The van der Waals surface area contributed by atoms with Gasteiger partial charge in [-0.15, -0.1) is 0 Å². The fourth-order valence-corrected chi connectivity index (χ4v) is 3.13. The number of quaternary nitrogens is 1. The number of halogens is 1. The highest BCUT2D eigenvalue weighted by atomic mass is 19.1. The van der Waals surface area contributed by atoms with Crippen molar-refractivity contribution in [3.63, 3.8) is 0 Å². The normalized spacial score (nSPS) is 16.9. The molecule has 0 amide bonds. The Bertz CT molecular complexity index is 774. The van der Waals surface area contributed by atoms with Crippen LogP contribution in [0.4, 0.5) is 4.39 Å². The fraction of sp³-hybridized carbons (Fsp3) is 0.111. The largest absolute Gasteiger partial charge is 0.331 e. The molecule has 3 aromatic rings. The van der Waals surface area contributed by atoms with E-state index < -0.39 is 0 Å². The zero-order chi connectivity index (χ0) is 14.2. The molecular formula is C18H16FN2+. The minimum atomic E-state index is -0.189. The first-order chi connectivity index (χ1) is 10.3. The van der Waals surface area contributed by atoms with Crippen molar-refractivity contribution in [2.24, 2.45) is 0 Å². The first-order valence-corrected chi connectivity index (χ1v) is 7.17. The Morgan fingerprint density at radius 1 is 0.952 bits per heavy atom. The van der Waals surface area contributed by atoms with E-state index in [1.807, 2.05) is 12.1 Å². The highest BCUT2D eigenvalue weighted by Gasteiger charge is 2.25. The zero-order valence-corrected chi connectivity index (χ0v) is 11.5. The molecular weight excluding hydrogens is 263 g/mol. The molecule has 0 aliphatic carbocycles. The second-order valence-corrected chi connectivity index (χ2v) is 5.40. The van der Waals surface area contributed by atoms with Crippen molar-refractivity contribution in [2.75, 3.05) is 0 Å². The maximum Gasteiger partial charge on any atom is 0.153 e. The molecule has 104 valence electrons. The van der Waals surface area contributed by atoms with Crippen LogP contribution in [0.1, 0.15) is 22.9 Å². The topological polar surface area (TPSA) is 21.5 Å². The number of nitrogens with two attached hydrogens (primary N) is 1. The number of aromatic nitrogens is 1. The third kappa shape index (κ3) is 2.06. The van der Waals surface area contributed by atoms with Gasteiger partial charge in [0.1, 0.15) is 12.4 Å². The number of benzene rings is 2. The van der Waals surface area contributed by atoms with Crippen LogP contribution in [0.2, 0.25) is 0 Å². The molecule has 2 aromatic carbocycles. The summed E-state index contributed by atoms with van der Waals surface area (Å²) in [6.07, 6.45) is 2.10. The number of hydrogen-bond donors (Lipinski definition) is 1. The van der Waals surface area contributed by atoms with E-state index in [1.165, 1.54) is 29.1 Å². The van der Waals surface area contributed by atoms with Gasteiger partial charge in [0.05, 0.1) is 11.4 Å². The Kier molecular flexibility index (Phi) is 2.86. The van der Waals surface area contributed by atoms with E-state index in [0.29, 0.717) is 0 Å². The standard InChI is InChI=1S/C18H15FN2/c19-15-9-7-13(8-10-15)18-17-6-3-11-21(17)16-5-2-1-4-14(16)12-20-18/h1-11,18,20H,12H2/p+1. The summed E-state index contributed by atoms with van der Waals surface area (Å²) in [7, 11) is 0. The molecule has 0 saturated heterocycles. The van der Waals surface area contributed by atoms with Gasteiger partial charge in [-0.3, -0.25) is 0 Å². The Balaban J connectivity index is 1.85. The van der Waals surface area contributed by atoms with Gasteiger partial charge in [0.2, 0.25) is 0 Å². The second-order valence-electron chi connectivity index (χ2n) is 5.40. The lowest BCUT2D eigenvalue weighted by Crippen LogP contribution is -2.83. The quantitative estimate of drug-likeness (QED) is 0.707. The van der Waals surface area contributed by atoms with Crippen molar-refractivity contribution in [1.29, 1.82) is 0 Å². The lowest BCUT2D eigenvalue weighted by molar-refractivity contribution is -0.702. The molecule has 4 rings (SSSR count). The molecule has 1 aliphatic rings. The van der Waals surface area contributed by atoms with Crippen LogP contribution < -0.4 is 5.32 Å². The smallest absolute Gasteiger partial charge is 0.153 e. The van der Waals surface area contributed by atoms with Crippen molar-refractivity contribution in [3.05, 3.63) is 89.5 Å². The van der Waals surface area contributed by atoms with Crippen molar-refractivity contribution in [1.82, 2.24) is 4.57 Å². The summed E-state index contributed by atoms with van der Waals surface area (Å²) in [5.74, 6) is -0.189. The molecule has 0 spiro atoms. The SMILES string of the molecule is Fc1ccc(C2[NH2+]Cc3ccccc3-n3cccc32)cc1. The number of nitrogens with zero attached hydrogens (tertiary/aromatic N) is 1. The maximum absolute atomic E-state index is 13.2. The lowest BCUT2D eigenvalue weighted by atomic mass is 10.0. The van der Waals surface area contributed by atoms with Crippen LogP contribution >= 0.6 is 0 Å². The minimum absolute atomic E-state index is 0.188. The summed E-state index contributed by atoms with van der Waals surface area (Å²) >= 11 is 0. The van der Waals surface area contributed by atoms with Crippen LogP contribution in [0.5, 0.6) is 0 Å². The summed E-state index contributed by atoms with van der Waals surface area (Å²) in [4.78, 5) is 0. The average Bonchev–Trinajstić information content (AvgIpc) is 2.93. The van der Waals surface area contributed by atoms with Gasteiger partial charge in [-0.2, -0.15) is 0 Å². The number of rotatable bonds is 1. The van der Waals surface area contributed by atoms with Gasteiger partial charge in [-0.25, -0.2) is 4.39 Å². The third-order valence-electron chi connectivity index (χ3n) is 4.15. The Hall–Kier alpha value is -2.39. The fourth-order valence-electron chi connectivity index (χ4n) is 3.13. The average molecular weight is 279 g/mol. The Morgan fingerprint density at radius 2 is 1.76 bits per heavy atom. The third-order valence-corrected chi connectivity index (χ3v) is 4.15. The molecule has 0 bridgehead atoms. The van der Waals surface area contributed by atoms with E-state index in [4.69, 9.17) is 0 Å². The van der Waals surface area contributed by atoms with Crippen LogP contribution in [0.3, 0.4) is 0 Å². The van der Waals surface area contributed by atoms with Crippen LogP contribution in [0, 0.1) is 5.82 Å². The molecule has 1 aliphatic heterocycles. The van der Waals surface area contributed by atoms with E-state index >= 15 is 0 Å². The Morgan fingerprint density at radius 3 is 2.62 bits per heavy atom. The van der Waals surface area contributed by atoms with Crippen molar-refractivity contribution in [2.45, 2.75) is 12.6 Å². The molecule has 0 saturated carbocycles. The molecule has 1 atom stereocenters. The molecule has 0 radical (unpaired) electrons. The van der Waals surface area contributed by atoms with Crippen LogP contribution in [-0.4, -0.2) is 4.57 Å². The molecule has 21 heavy (non-hydrogen) atoms. The summed E-state index contributed by atoms with van der Waals surface area (Å²) in [6, 6.07) is 19.7. The lowest BCUT2D eigenvalue weighted by Gasteiger charge is -2.14. The predicted octanol–water partition coefficient (Wildman–Crippen LogP) is 2.78. The van der Waals surface area contributed by atoms with E-state index in [2.05, 4.69) is 52.5 Å². The molecule has 1 aromatic heterocycles. The van der Waals surface area contributed by atoms with Crippen LogP contribution in [0.25, 0.3) is 5.69 Å². The number of hydrogen-bond acceptors (Lipinski definition) is 0. The molecule has 2 nitrogen and oxygen atoms in total. The summed E-state index contributed by atoms with van der Waals surface area (Å²) in [5.41, 5.74) is 4.91. The molecule has 0 fully saturated rings. The molecule has 2 heterocycles. The van der Waals surface area contributed by atoms with Crippen molar-refractivity contribution >= 4 is 0 Å². The monoisotopic (exact) mass is 279 g/mol. The summed E-state index contributed by atoms with van der Waals surface area (Å²) in [5, 5.41) is 2.31. The van der Waals surface area contributed by atoms with Gasteiger partial charge in [0.15, 0.2) is 6.04 Å². The molecule has 2 N–H and O–H groups in total. The summed E-state index contributed by atoms with van der Waals surface area (Å²) < 4.78 is 15.4. The van der Waals surface area contributed by atoms with Gasteiger partial charge in [0, 0.05) is 17.3 Å². The molecule has 3 heteroatoms. The minimum Gasteiger partial charge on any atom is -0.331 e. The Labute approximate surface area is 122 Å². The van der Waals surface area contributed by atoms with E-state index in [0.717, 1.165) is 12.1 Å². The van der Waals surface area contributed by atoms with E-state index in [1.54, 1.807) is 0 Å². The first kappa shape index (κ1) is 12.4. The highest BCUT2D eigenvalue weighted by molar-refractivity contribution is 5.45. The van der Waals surface area contributed by atoms with Crippen molar-refractivity contribution < 1.29 is 9.71 Å². The highest BCUT2D eigenvalue weighted by Crippen LogP contribution is 2.26. The van der Waals surface area contributed by atoms with Gasteiger partial charge >= 0.3 is 0 Å². The van der Waals surface area contributed by atoms with E-state index in [-0.39, 0.29) is 11.9 Å². The van der Waals surface area contributed by atoms with Gasteiger partial charge < -0.3 is 9.88 Å². The van der Waals surface area contributed by atoms with Gasteiger partial charge in [-0.05, 0) is 42.5 Å². The van der Waals surface area contributed by atoms with Crippen LogP contribution in [-0.2, 0) is 6.54 Å². The van der Waals surface area contributed by atoms with Gasteiger partial charge in [-0.1, -0.05) is 18.2 Å². The van der Waals surface area contributed by atoms with Crippen molar-refractivity contribution in [3.8, 4) is 5.69 Å². The van der Waals surface area contributed by atoms with Gasteiger partial charge in [0.25, 0.3) is 0 Å². The zero-order valence-electron chi connectivity index (χ0n) is 11.5. The van der Waals surface area contributed by atoms with E-state index in [9.17, 15) is 4.39 Å². The summed E-state index contributed by atoms with van der Waals surface area (Å²) in [6.45, 7) is 0.917.